The number of hydrogen-bond acceptors (Lipinski definition) is 5. The number of allylic oxidation sites excluding steroid dienone is 2. The zero-order valence-corrected chi connectivity index (χ0v) is 29.8. The highest BCUT2D eigenvalue weighted by Gasteiger charge is 2.24. The SMILES string of the molecule is CCC(C)=CC(=Nc1ccccc1C)C(C#N)=c1[nH]c(-c2ccccc2C)c2c(=C(C#N)c3cnc4ccccc4n3)[nH]c(-c3ccccc3C)c12. The van der Waals surface area contributed by atoms with Crippen LogP contribution in [0, 0.1) is 43.4 Å². The molecule has 0 aliphatic carbocycles. The van der Waals surface area contributed by atoms with Crippen LogP contribution in [-0.2, 0) is 0 Å². The van der Waals surface area contributed by atoms with Gasteiger partial charge in [-0.1, -0.05) is 91.4 Å². The maximum Gasteiger partial charge on any atom is 0.104 e. The molecule has 0 atom stereocenters. The van der Waals surface area contributed by atoms with Crippen LogP contribution in [-0.4, -0.2) is 25.6 Å². The average Bonchev–Trinajstić information content (AvgIpc) is 3.73. The summed E-state index contributed by atoms with van der Waals surface area (Å²) in [5.41, 5.74) is 11.6. The van der Waals surface area contributed by atoms with E-state index in [1.807, 2.05) is 85.8 Å². The minimum absolute atomic E-state index is 0.345. The van der Waals surface area contributed by atoms with Gasteiger partial charge >= 0.3 is 0 Å². The van der Waals surface area contributed by atoms with Crippen LogP contribution in [0.15, 0.2) is 120 Å². The highest BCUT2D eigenvalue weighted by atomic mass is 14.8. The van der Waals surface area contributed by atoms with Crippen LogP contribution in [0.3, 0.4) is 0 Å². The van der Waals surface area contributed by atoms with Crippen LogP contribution in [0.5, 0.6) is 0 Å². The summed E-state index contributed by atoms with van der Waals surface area (Å²) in [6.45, 7) is 10.3. The van der Waals surface area contributed by atoms with Crippen molar-refractivity contribution in [1.82, 2.24) is 19.9 Å². The number of rotatable bonds is 7. The van der Waals surface area contributed by atoms with Crippen LogP contribution in [0.1, 0.15) is 42.7 Å². The van der Waals surface area contributed by atoms with E-state index in [1.54, 1.807) is 6.20 Å². The van der Waals surface area contributed by atoms with Crippen molar-refractivity contribution in [3.8, 4) is 34.7 Å². The number of nitrogens with one attached hydrogen (secondary N) is 2. The van der Waals surface area contributed by atoms with E-state index in [1.165, 1.54) is 0 Å². The van der Waals surface area contributed by atoms with Gasteiger partial charge in [-0.25, -0.2) is 9.98 Å². The van der Waals surface area contributed by atoms with Gasteiger partial charge < -0.3 is 9.97 Å². The molecule has 0 spiro atoms. The van der Waals surface area contributed by atoms with E-state index >= 15 is 0 Å². The molecule has 52 heavy (non-hydrogen) atoms. The molecule has 0 amide bonds. The molecule has 0 aliphatic heterocycles. The summed E-state index contributed by atoms with van der Waals surface area (Å²) < 4.78 is 0. The van der Waals surface area contributed by atoms with E-state index in [0.29, 0.717) is 38.8 Å². The number of para-hydroxylation sites is 3. The summed E-state index contributed by atoms with van der Waals surface area (Å²) in [5, 5.41) is 24.8. The first kappa shape index (κ1) is 33.7. The second-order valence-electron chi connectivity index (χ2n) is 13.0. The third-order valence-corrected chi connectivity index (χ3v) is 9.56. The van der Waals surface area contributed by atoms with Gasteiger partial charge in [0.2, 0.25) is 0 Å². The summed E-state index contributed by atoms with van der Waals surface area (Å²) >= 11 is 0. The fourth-order valence-corrected chi connectivity index (χ4v) is 6.61. The quantitative estimate of drug-likeness (QED) is 0.164. The Hall–Kier alpha value is -6.83. The topological polar surface area (TPSA) is 117 Å². The van der Waals surface area contributed by atoms with Gasteiger partial charge in [-0.15, -0.1) is 0 Å². The molecular formula is C45H37N7. The summed E-state index contributed by atoms with van der Waals surface area (Å²) in [6, 6.07) is 36.9. The standard InChI is InChI=1S/C45H37N7/c1-6-27(2)23-38(49-35-20-12-9-17-30(35)5)33(24-46)44-40-41(43(51-44)32-19-11-8-16-29(32)4)45(52-42(40)31-18-10-7-15-28(31)3)34(25-47)39-26-48-36-21-13-14-22-37(36)50-39/h7-23,26,51-52H,6H2,1-5H3. The molecule has 7 aromatic rings. The van der Waals surface area contributed by atoms with Crippen LogP contribution in [0.25, 0.3) is 55.5 Å². The summed E-state index contributed by atoms with van der Waals surface area (Å²) in [4.78, 5) is 22.1. The van der Waals surface area contributed by atoms with Crippen molar-refractivity contribution in [1.29, 1.82) is 10.5 Å². The molecule has 7 rings (SSSR count). The molecule has 7 heteroatoms. The smallest absolute Gasteiger partial charge is 0.104 e. The number of fused-ring (bicyclic) bond motifs is 2. The Balaban J connectivity index is 1.74. The monoisotopic (exact) mass is 675 g/mol. The minimum Gasteiger partial charge on any atom is -0.353 e. The maximum atomic E-state index is 11.1. The Morgan fingerprint density at radius 3 is 1.87 bits per heavy atom. The molecule has 0 aliphatic rings. The van der Waals surface area contributed by atoms with E-state index in [0.717, 1.165) is 73.2 Å². The molecule has 0 unspecified atom stereocenters. The van der Waals surface area contributed by atoms with Gasteiger partial charge in [0.15, 0.2) is 0 Å². The highest BCUT2D eigenvalue weighted by molar-refractivity contribution is 6.30. The number of hydrogen-bond donors (Lipinski definition) is 2. The predicted molar refractivity (Wildman–Crippen MR) is 211 cm³/mol. The van der Waals surface area contributed by atoms with Crippen molar-refractivity contribution in [3.63, 3.8) is 0 Å². The zero-order valence-electron chi connectivity index (χ0n) is 29.8. The molecule has 0 fully saturated rings. The number of aromatic amines is 2. The van der Waals surface area contributed by atoms with E-state index in [-0.39, 0.29) is 0 Å². The average molecular weight is 676 g/mol. The number of aryl methyl sites for hydroxylation is 3. The lowest BCUT2D eigenvalue weighted by molar-refractivity contribution is 1.10. The van der Waals surface area contributed by atoms with Crippen molar-refractivity contribution in [2.45, 2.75) is 41.0 Å². The molecule has 0 bridgehead atoms. The molecule has 0 radical (unpaired) electrons. The Morgan fingerprint density at radius 2 is 1.27 bits per heavy atom. The van der Waals surface area contributed by atoms with E-state index in [9.17, 15) is 10.5 Å². The Kier molecular flexibility index (Phi) is 9.18. The molecular weight excluding hydrogens is 639 g/mol. The van der Waals surface area contributed by atoms with Crippen LogP contribution >= 0.6 is 0 Å². The lowest BCUT2D eigenvalue weighted by Crippen LogP contribution is -2.15. The van der Waals surface area contributed by atoms with Crippen LogP contribution in [0.4, 0.5) is 5.69 Å². The van der Waals surface area contributed by atoms with E-state index in [4.69, 9.17) is 9.98 Å². The molecule has 0 saturated carbocycles. The van der Waals surface area contributed by atoms with Gasteiger partial charge in [-0.2, -0.15) is 10.5 Å². The molecule has 3 heterocycles. The Morgan fingerprint density at radius 1 is 0.712 bits per heavy atom. The van der Waals surface area contributed by atoms with Crippen LogP contribution in [0.2, 0.25) is 0 Å². The van der Waals surface area contributed by atoms with Gasteiger partial charge in [0.25, 0.3) is 0 Å². The second kappa shape index (κ2) is 14.2. The Bertz CT molecular complexity index is 2750. The maximum absolute atomic E-state index is 11.1. The molecule has 3 aromatic heterocycles. The van der Waals surface area contributed by atoms with Gasteiger partial charge in [0.05, 0.1) is 50.7 Å². The number of aliphatic imine (C=N–C) groups is 1. The lowest BCUT2D eigenvalue weighted by Gasteiger charge is -2.07. The first-order valence-corrected chi connectivity index (χ1v) is 17.3. The van der Waals surface area contributed by atoms with Gasteiger partial charge in [0.1, 0.15) is 29.0 Å². The minimum atomic E-state index is 0.345. The van der Waals surface area contributed by atoms with Crippen molar-refractivity contribution in [2.24, 2.45) is 4.99 Å². The summed E-state index contributed by atoms with van der Waals surface area (Å²) in [6.07, 6.45) is 4.46. The van der Waals surface area contributed by atoms with Gasteiger partial charge in [0, 0.05) is 21.9 Å². The Labute approximate surface area is 302 Å². The number of nitriles is 2. The predicted octanol–water partition coefficient (Wildman–Crippen LogP) is 9.22. The summed E-state index contributed by atoms with van der Waals surface area (Å²) in [5.74, 6) is 0. The third kappa shape index (κ3) is 6.10. The van der Waals surface area contributed by atoms with E-state index in [2.05, 4.69) is 79.1 Å². The molecule has 7 nitrogen and oxygen atoms in total. The van der Waals surface area contributed by atoms with Crippen molar-refractivity contribution in [2.75, 3.05) is 0 Å². The van der Waals surface area contributed by atoms with Crippen molar-refractivity contribution >= 4 is 44.4 Å². The number of aromatic nitrogens is 4. The lowest BCUT2D eigenvalue weighted by atomic mass is 9.99. The highest BCUT2D eigenvalue weighted by Crippen LogP contribution is 2.34. The summed E-state index contributed by atoms with van der Waals surface area (Å²) in [7, 11) is 0. The van der Waals surface area contributed by atoms with Crippen LogP contribution < -0.4 is 10.7 Å². The molecule has 2 N–H and O–H groups in total. The zero-order chi connectivity index (χ0) is 36.4. The van der Waals surface area contributed by atoms with Crippen molar-refractivity contribution in [3.05, 3.63) is 148 Å². The van der Waals surface area contributed by atoms with E-state index < -0.39 is 0 Å². The van der Waals surface area contributed by atoms with Gasteiger partial charge in [-0.05, 0) is 75.1 Å². The fourth-order valence-electron chi connectivity index (χ4n) is 6.61. The normalized spacial score (nSPS) is 13.2. The van der Waals surface area contributed by atoms with Crippen molar-refractivity contribution < 1.29 is 0 Å². The molecule has 4 aromatic carbocycles. The number of H-pyrrole nitrogens is 2. The number of benzene rings is 4. The molecule has 252 valence electrons. The first-order valence-electron chi connectivity index (χ1n) is 17.3. The third-order valence-electron chi connectivity index (χ3n) is 9.56. The van der Waals surface area contributed by atoms with Gasteiger partial charge in [-0.3, -0.25) is 4.98 Å². The largest absolute Gasteiger partial charge is 0.353 e. The first-order chi connectivity index (χ1) is 25.3. The number of nitrogens with zero attached hydrogens (tertiary/aromatic N) is 5. The molecule has 0 saturated heterocycles. The second-order valence-corrected chi connectivity index (χ2v) is 13.0. The fraction of sp³-hybridized carbons (Fsp3) is 0.133.